The molecule has 2 aliphatic rings. The van der Waals surface area contributed by atoms with Crippen LogP contribution in [0, 0.1) is 0 Å². The van der Waals surface area contributed by atoms with Gasteiger partial charge in [-0.3, -0.25) is 9.63 Å². The second-order valence-corrected chi connectivity index (χ2v) is 3.70. The van der Waals surface area contributed by atoms with E-state index in [1.807, 2.05) is 0 Å². The van der Waals surface area contributed by atoms with Crippen molar-refractivity contribution in [1.82, 2.24) is 10.8 Å². The monoisotopic (exact) mass is 200 g/mol. The lowest BCUT2D eigenvalue weighted by atomic mass is 10.2. The van der Waals surface area contributed by atoms with Crippen LogP contribution in [-0.4, -0.2) is 37.8 Å². The Morgan fingerprint density at radius 3 is 3.07 bits per heavy atom. The summed E-state index contributed by atoms with van der Waals surface area (Å²) in [6.07, 6.45) is 2.53. The van der Waals surface area contributed by atoms with E-state index in [4.69, 9.17) is 9.57 Å². The third-order valence-electron chi connectivity index (χ3n) is 2.56. The second-order valence-electron chi connectivity index (χ2n) is 3.70. The van der Waals surface area contributed by atoms with Crippen LogP contribution in [0.2, 0.25) is 0 Å². The maximum Gasteiger partial charge on any atom is 0.272 e. The quantitative estimate of drug-likeness (QED) is 0.607. The van der Waals surface area contributed by atoms with E-state index < -0.39 is 0 Å². The Morgan fingerprint density at radius 2 is 2.43 bits per heavy atom. The molecule has 0 bridgehead atoms. The maximum absolute atomic E-state index is 11.4. The first-order chi connectivity index (χ1) is 6.86. The van der Waals surface area contributed by atoms with E-state index in [-0.39, 0.29) is 18.1 Å². The molecule has 5 nitrogen and oxygen atoms in total. The van der Waals surface area contributed by atoms with E-state index in [0.29, 0.717) is 6.61 Å². The van der Waals surface area contributed by atoms with Gasteiger partial charge >= 0.3 is 0 Å². The molecule has 2 aliphatic heterocycles. The standard InChI is InChI=1S/C9H16N2O3/c12-9(8-2-1-5-13-8)11-14-7-3-4-10-6-7/h7-8,10H,1-6H2,(H,11,12). The molecule has 0 aromatic heterocycles. The Bertz CT molecular complexity index is 198. The molecule has 80 valence electrons. The van der Waals surface area contributed by atoms with Gasteiger partial charge in [0, 0.05) is 13.2 Å². The minimum absolute atomic E-state index is 0.111. The van der Waals surface area contributed by atoms with E-state index in [0.717, 1.165) is 32.4 Å². The molecule has 1 amide bonds. The lowest BCUT2D eigenvalue weighted by Gasteiger charge is -2.13. The number of carbonyl (C=O) groups excluding carboxylic acids is 1. The van der Waals surface area contributed by atoms with Gasteiger partial charge in [-0.15, -0.1) is 0 Å². The minimum atomic E-state index is -0.302. The fourth-order valence-corrected chi connectivity index (χ4v) is 1.72. The average molecular weight is 200 g/mol. The maximum atomic E-state index is 11.4. The van der Waals surface area contributed by atoms with Gasteiger partial charge in [0.1, 0.15) is 6.10 Å². The molecule has 0 aromatic carbocycles. The van der Waals surface area contributed by atoms with Crippen LogP contribution in [0.25, 0.3) is 0 Å². The Morgan fingerprint density at radius 1 is 1.50 bits per heavy atom. The van der Waals surface area contributed by atoms with Crippen LogP contribution >= 0.6 is 0 Å². The summed E-state index contributed by atoms with van der Waals surface area (Å²) in [6, 6.07) is 0. The summed E-state index contributed by atoms with van der Waals surface area (Å²) in [6.45, 7) is 2.45. The van der Waals surface area contributed by atoms with Crippen LogP contribution in [0.4, 0.5) is 0 Å². The molecule has 2 heterocycles. The number of hydrogen-bond donors (Lipinski definition) is 2. The van der Waals surface area contributed by atoms with Crippen molar-refractivity contribution >= 4 is 5.91 Å². The molecule has 2 saturated heterocycles. The molecule has 2 fully saturated rings. The van der Waals surface area contributed by atoms with E-state index in [9.17, 15) is 4.79 Å². The van der Waals surface area contributed by atoms with Crippen LogP contribution in [0.15, 0.2) is 0 Å². The van der Waals surface area contributed by atoms with E-state index >= 15 is 0 Å². The molecule has 0 aliphatic carbocycles. The van der Waals surface area contributed by atoms with Gasteiger partial charge < -0.3 is 10.1 Å². The molecule has 2 N–H and O–H groups in total. The molecule has 0 spiro atoms. The highest BCUT2D eigenvalue weighted by atomic mass is 16.7. The summed E-state index contributed by atoms with van der Waals surface area (Å²) >= 11 is 0. The highest BCUT2D eigenvalue weighted by Crippen LogP contribution is 2.12. The molecule has 0 saturated carbocycles. The zero-order valence-electron chi connectivity index (χ0n) is 8.12. The summed E-state index contributed by atoms with van der Waals surface area (Å²) in [7, 11) is 0. The van der Waals surface area contributed by atoms with Crippen molar-refractivity contribution in [2.45, 2.75) is 31.5 Å². The van der Waals surface area contributed by atoms with Gasteiger partial charge in [-0.2, -0.15) is 0 Å². The minimum Gasteiger partial charge on any atom is -0.368 e. The van der Waals surface area contributed by atoms with Crippen molar-refractivity contribution in [3.05, 3.63) is 0 Å². The smallest absolute Gasteiger partial charge is 0.272 e. The molecule has 0 aromatic rings. The van der Waals surface area contributed by atoms with Crippen molar-refractivity contribution in [2.24, 2.45) is 0 Å². The predicted molar refractivity (Wildman–Crippen MR) is 49.5 cm³/mol. The van der Waals surface area contributed by atoms with Gasteiger partial charge in [0.25, 0.3) is 5.91 Å². The molecule has 5 heteroatoms. The van der Waals surface area contributed by atoms with Crippen LogP contribution in [0.3, 0.4) is 0 Å². The molecule has 2 rings (SSSR count). The fraction of sp³-hybridized carbons (Fsp3) is 0.889. The number of rotatable bonds is 3. The van der Waals surface area contributed by atoms with Crippen LogP contribution in [0.1, 0.15) is 19.3 Å². The first-order valence-corrected chi connectivity index (χ1v) is 5.14. The number of nitrogens with one attached hydrogen (secondary N) is 2. The van der Waals surface area contributed by atoms with Crippen LogP contribution in [-0.2, 0) is 14.4 Å². The summed E-state index contributed by atoms with van der Waals surface area (Å²) in [5.74, 6) is -0.144. The lowest BCUT2D eigenvalue weighted by Crippen LogP contribution is -2.37. The topological polar surface area (TPSA) is 59.6 Å². The van der Waals surface area contributed by atoms with Gasteiger partial charge in [0.2, 0.25) is 0 Å². The average Bonchev–Trinajstić information content (AvgIpc) is 2.87. The first-order valence-electron chi connectivity index (χ1n) is 5.14. The number of hydroxylamine groups is 1. The number of ether oxygens (including phenoxy) is 1. The molecule has 0 radical (unpaired) electrons. The van der Waals surface area contributed by atoms with Gasteiger partial charge in [0.15, 0.2) is 0 Å². The Balaban J connectivity index is 1.66. The highest BCUT2D eigenvalue weighted by molar-refractivity contribution is 5.79. The molecule has 2 atom stereocenters. The fourth-order valence-electron chi connectivity index (χ4n) is 1.72. The van der Waals surface area contributed by atoms with Gasteiger partial charge in [-0.1, -0.05) is 0 Å². The van der Waals surface area contributed by atoms with Crippen molar-refractivity contribution in [2.75, 3.05) is 19.7 Å². The zero-order chi connectivity index (χ0) is 9.80. The van der Waals surface area contributed by atoms with Gasteiger partial charge in [0.05, 0.1) is 6.10 Å². The summed E-state index contributed by atoms with van der Waals surface area (Å²) in [5, 5.41) is 3.16. The molecular weight excluding hydrogens is 184 g/mol. The Kier molecular flexibility index (Phi) is 3.34. The van der Waals surface area contributed by atoms with Gasteiger partial charge in [-0.25, -0.2) is 5.48 Å². The number of hydrogen-bond acceptors (Lipinski definition) is 4. The molecule has 14 heavy (non-hydrogen) atoms. The largest absolute Gasteiger partial charge is 0.368 e. The first kappa shape index (κ1) is 9.89. The lowest BCUT2D eigenvalue weighted by molar-refractivity contribution is -0.146. The van der Waals surface area contributed by atoms with Crippen molar-refractivity contribution < 1.29 is 14.4 Å². The number of amides is 1. The predicted octanol–water partition coefficient (Wildman–Crippen LogP) is -0.425. The highest BCUT2D eigenvalue weighted by Gasteiger charge is 2.25. The summed E-state index contributed by atoms with van der Waals surface area (Å²) in [4.78, 5) is 16.7. The van der Waals surface area contributed by atoms with Crippen LogP contribution in [0.5, 0.6) is 0 Å². The van der Waals surface area contributed by atoms with Gasteiger partial charge in [-0.05, 0) is 25.8 Å². The second kappa shape index (κ2) is 4.72. The van der Waals surface area contributed by atoms with E-state index in [1.165, 1.54) is 0 Å². The third kappa shape index (κ3) is 2.43. The molecule has 2 unspecified atom stereocenters. The van der Waals surface area contributed by atoms with Crippen LogP contribution < -0.4 is 10.8 Å². The normalized spacial score (nSPS) is 32.0. The Labute approximate surface area is 83.1 Å². The van der Waals surface area contributed by atoms with Crippen molar-refractivity contribution in [3.8, 4) is 0 Å². The summed E-state index contributed by atoms with van der Waals surface area (Å²) in [5.41, 5.74) is 2.46. The summed E-state index contributed by atoms with van der Waals surface area (Å²) < 4.78 is 5.22. The molecular formula is C9H16N2O3. The zero-order valence-corrected chi connectivity index (χ0v) is 8.12. The number of carbonyl (C=O) groups is 1. The van der Waals surface area contributed by atoms with E-state index in [2.05, 4.69) is 10.8 Å². The third-order valence-corrected chi connectivity index (χ3v) is 2.56. The van der Waals surface area contributed by atoms with Crippen molar-refractivity contribution in [3.63, 3.8) is 0 Å². The SMILES string of the molecule is O=C(NOC1CCNC1)C1CCCO1. The van der Waals surface area contributed by atoms with Crippen molar-refractivity contribution in [1.29, 1.82) is 0 Å². The Hall–Kier alpha value is -0.650. The van der Waals surface area contributed by atoms with E-state index in [1.54, 1.807) is 0 Å².